The van der Waals surface area contributed by atoms with Gasteiger partial charge in [-0.1, -0.05) is 25.4 Å². The molecular weight excluding hydrogens is 282 g/mol. The number of benzene rings is 1. The fourth-order valence-corrected chi connectivity index (χ4v) is 2.32. The number of nitrogens with one attached hydrogen (secondary N) is 1. The summed E-state index contributed by atoms with van der Waals surface area (Å²) in [6, 6.07) is 4.23. The first kappa shape index (κ1) is 14.7. The third kappa shape index (κ3) is 3.04. The van der Waals surface area contributed by atoms with Crippen LogP contribution in [0.1, 0.15) is 19.4 Å². The maximum atomic E-state index is 12.1. The number of fused-ring (bicyclic) bond motifs is 1. The molecule has 6 heteroatoms. The van der Waals surface area contributed by atoms with Gasteiger partial charge in [-0.05, 0) is 29.7 Å². The summed E-state index contributed by atoms with van der Waals surface area (Å²) in [7, 11) is 0. The van der Waals surface area contributed by atoms with E-state index in [0.29, 0.717) is 17.2 Å². The summed E-state index contributed by atoms with van der Waals surface area (Å²) >= 11 is 5.88. The van der Waals surface area contributed by atoms with Crippen LogP contribution in [-0.2, 0) is 16.0 Å². The van der Waals surface area contributed by atoms with Crippen LogP contribution in [0.5, 0.6) is 5.75 Å². The lowest BCUT2D eigenvalue weighted by Crippen LogP contribution is -2.49. The van der Waals surface area contributed by atoms with Crippen molar-refractivity contribution in [3.05, 3.63) is 28.8 Å². The van der Waals surface area contributed by atoms with Gasteiger partial charge in [0.15, 0.2) is 6.10 Å². The molecule has 5 nitrogen and oxygen atoms in total. The van der Waals surface area contributed by atoms with E-state index in [4.69, 9.17) is 21.4 Å². The van der Waals surface area contributed by atoms with Crippen LogP contribution in [0.25, 0.3) is 0 Å². The molecule has 1 amide bonds. The molecule has 0 aliphatic carbocycles. The molecule has 0 bridgehead atoms. The number of rotatable bonds is 4. The zero-order chi connectivity index (χ0) is 14.9. The fourth-order valence-electron chi connectivity index (χ4n) is 2.12. The summed E-state index contributed by atoms with van der Waals surface area (Å²) in [5.41, 5.74) is 0.856. The third-order valence-electron chi connectivity index (χ3n) is 3.22. The van der Waals surface area contributed by atoms with Crippen LogP contribution >= 0.6 is 11.6 Å². The van der Waals surface area contributed by atoms with E-state index in [1.807, 2.05) is 0 Å². The lowest BCUT2D eigenvalue weighted by atomic mass is 10.0. The van der Waals surface area contributed by atoms with E-state index in [9.17, 15) is 9.59 Å². The van der Waals surface area contributed by atoms with Crippen molar-refractivity contribution >= 4 is 23.5 Å². The van der Waals surface area contributed by atoms with E-state index < -0.39 is 24.0 Å². The van der Waals surface area contributed by atoms with E-state index in [1.54, 1.807) is 32.0 Å². The largest absolute Gasteiger partial charge is 0.480 e. The number of carbonyl (C=O) groups excluding carboxylic acids is 1. The molecule has 1 aromatic carbocycles. The molecule has 0 radical (unpaired) electrons. The molecule has 0 spiro atoms. The minimum absolute atomic E-state index is 0.199. The van der Waals surface area contributed by atoms with Crippen molar-refractivity contribution < 1.29 is 19.4 Å². The number of hydrogen-bond donors (Lipinski definition) is 2. The van der Waals surface area contributed by atoms with Gasteiger partial charge in [0.05, 0.1) is 0 Å². The van der Waals surface area contributed by atoms with Crippen LogP contribution in [0, 0.1) is 5.92 Å². The van der Waals surface area contributed by atoms with Gasteiger partial charge >= 0.3 is 5.97 Å². The minimum atomic E-state index is -1.05. The first-order chi connectivity index (χ1) is 9.38. The number of carboxylic acids is 1. The van der Waals surface area contributed by atoms with Crippen LogP contribution in [-0.4, -0.2) is 29.1 Å². The Labute approximate surface area is 121 Å². The van der Waals surface area contributed by atoms with Crippen molar-refractivity contribution in [3.8, 4) is 5.75 Å². The predicted molar refractivity (Wildman–Crippen MR) is 74.0 cm³/mol. The molecule has 1 heterocycles. The molecule has 1 aliphatic heterocycles. The van der Waals surface area contributed by atoms with Crippen LogP contribution in [0.4, 0.5) is 0 Å². The average Bonchev–Trinajstić information content (AvgIpc) is 2.77. The number of ether oxygens (including phenoxy) is 1. The Hall–Kier alpha value is -1.75. The number of carboxylic acid groups (broad SMARTS) is 1. The Kier molecular flexibility index (Phi) is 4.18. The Bertz CT molecular complexity index is 544. The van der Waals surface area contributed by atoms with E-state index >= 15 is 0 Å². The first-order valence-corrected chi connectivity index (χ1v) is 6.74. The van der Waals surface area contributed by atoms with Gasteiger partial charge in [0.25, 0.3) is 5.91 Å². The van der Waals surface area contributed by atoms with Gasteiger partial charge in [-0.2, -0.15) is 0 Å². The molecular formula is C14H16ClNO4. The van der Waals surface area contributed by atoms with E-state index in [0.717, 1.165) is 5.56 Å². The topological polar surface area (TPSA) is 75.6 Å². The molecule has 2 N–H and O–H groups in total. The van der Waals surface area contributed by atoms with Crippen LogP contribution in [0.15, 0.2) is 18.2 Å². The van der Waals surface area contributed by atoms with Gasteiger partial charge in [0.1, 0.15) is 11.8 Å². The molecule has 108 valence electrons. The molecule has 0 saturated heterocycles. The average molecular weight is 298 g/mol. The number of aliphatic carboxylic acids is 1. The lowest BCUT2D eigenvalue weighted by molar-refractivity contribution is -0.144. The van der Waals surface area contributed by atoms with Crippen LogP contribution < -0.4 is 10.1 Å². The van der Waals surface area contributed by atoms with Gasteiger partial charge < -0.3 is 15.2 Å². The van der Waals surface area contributed by atoms with E-state index in [-0.39, 0.29) is 5.92 Å². The second kappa shape index (κ2) is 5.71. The quantitative estimate of drug-likeness (QED) is 0.889. The SMILES string of the molecule is CC(C)[C@H](NC(=O)C1Cc2cc(Cl)ccc2O1)C(=O)O. The van der Waals surface area contributed by atoms with Crippen LogP contribution in [0.2, 0.25) is 5.02 Å². The fraction of sp³-hybridized carbons (Fsp3) is 0.429. The van der Waals surface area contributed by atoms with Crippen molar-refractivity contribution in [2.24, 2.45) is 5.92 Å². The molecule has 2 atom stereocenters. The summed E-state index contributed by atoms with van der Waals surface area (Å²) in [5, 5.41) is 12.2. The highest BCUT2D eigenvalue weighted by molar-refractivity contribution is 6.30. The molecule has 0 aromatic heterocycles. The Morgan fingerprint density at radius 3 is 2.75 bits per heavy atom. The first-order valence-electron chi connectivity index (χ1n) is 6.36. The van der Waals surface area contributed by atoms with Crippen molar-refractivity contribution in [2.45, 2.75) is 32.4 Å². The molecule has 1 aliphatic rings. The Balaban J connectivity index is 2.04. The second-order valence-corrected chi connectivity index (χ2v) is 5.57. The molecule has 0 saturated carbocycles. The standard InChI is InChI=1S/C14H16ClNO4/c1-7(2)12(14(18)19)16-13(17)11-6-8-5-9(15)3-4-10(8)20-11/h3-5,7,11-12H,6H2,1-2H3,(H,16,17)(H,18,19)/t11?,12-/m0/s1. The number of halogens is 1. The van der Waals surface area contributed by atoms with E-state index in [1.165, 1.54) is 0 Å². The molecule has 1 aromatic rings. The van der Waals surface area contributed by atoms with Gasteiger partial charge in [0.2, 0.25) is 0 Å². The van der Waals surface area contributed by atoms with Gasteiger partial charge in [-0.15, -0.1) is 0 Å². The van der Waals surface area contributed by atoms with E-state index in [2.05, 4.69) is 5.32 Å². The molecule has 2 rings (SSSR count). The Morgan fingerprint density at radius 1 is 1.45 bits per heavy atom. The van der Waals surface area contributed by atoms with Crippen molar-refractivity contribution in [3.63, 3.8) is 0 Å². The summed E-state index contributed by atoms with van der Waals surface area (Å²) in [6.07, 6.45) is -0.310. The highest BCUT2D eigenvalue weighted by Crippen LogP contribution is 2.31. The monoisotopic (exact) mass is 297 g/mol. The van der Waals surface area contributed by atoms with Gasteiger partial charge in [0, 0.05) is 11.4 Å². The maximum absolute atomic E-state index is 12.1. The lowest BCUT2D eigenvalue weighted by Gasteiger charge is -2.20. The summed E-state index contributed by atoms with van der Waals surface area (Å²) < 4.78 is 5.52. The zero-order valence-corrected chi connectivity index (χ0v) is 12.0. The summed E-state index contributed by atoms with van der Waals surface area (Å²) in [4.78, 5) is 23.2. The third-order valence-corrected chi connectivity index (χ3v) is 3.46. The summed E-state index contributed by atoms with van der Waals surface area (Å²) in [5.74, 6) is -1.05. The normalized spacial score (nSPS) is 18.3. The Morgan fingerprint density at radius 2 is 2.15 bits per heavy atom. The highest BCUT2D eigenvalue weighted by Gasteiger charge is 2.32. The molecule has 1 unspecified atom stereocenters. The van der Waals surface area contributed by atoms with Crippen molar-refractivity contribution in [1.82, 2.24) is 5.32 Å². The summed E-state index contributed by atoms with van der Waals surface area (Å²) in [6.45, 7) is 3.48. The van der Waals surface area contributed by atoms with Gasteiger partial charge in [-0.25, -0.2) is 4.79 Å². The number of amides is 1. The molecule has 20 heavy (non-hydrogen) atoms. The van der Waals surface area contributed by atoms with Crippen molar-refractivity contribution in [2.75, 3.05) is 0 Å². The predicted octanol–water partition coefficient (Wildman–Crippen LogP) is 1.87. The number of hydrogen-bond acceptors (Lipinski definition) is 3. The minimum Gasteiger partial charge on any atom is -0.480 e. The maximum Gasteiger partial charge on any atom is 0.326 e. The zero-order valence-electron chi connectivity index (χ0n) is 11.2. The second-order valence-electron chi connectivity index (χ2n) is 5.13. The van der Waals surface area contributed by atoms with Gasteiger partial charge in [-0.3, -0.25) is 4.79 Å². The number of carbonyl (C=O) groups is 2. The smallest absolute Gasteiger partial charge is 0.326 e. The highest BCUT2D eigenvalue weighted by atomic mass is 35.5. The van der Waals surface area contributed by atoms with Crippen LogP contribution in [0.3, 0.4) is 0 Å². The van der Waals surface area contributed by atoms with Crippen molar-refractivity contribution in [1.29, 1.82) is 0 Å². The molecule has 0 fully saturated rings.